The Bertz CT molecular complexity index is 554. The third kappa shape index (κ3) is 4.02. The summed E-state index contributed by atoms with van der Waals surface area (Å²) in [6, 6.07) is 2.24. The number of ether oxygens (including phenoxy) is 1. The lowest BCUT2D eigenvalue weighted by molar-refractivity contribution is 0.241. The van der Waals surface area contributed by atoms with Gasteiger partial charge in [-0.1, -0.05) is 0 Å². The Labute approximate surface area is 124 Å². The van der Waals surface area contributed by atoms with Crippen LogP contribution < -0.4 is 10.1 Å². The number of thiazole rings is 1. The van der Waals surface area contributed by atoms with Gasteiger partial charge in [0.05, 0.1) is 23.0 Å². The molecule has 2 heterocycles. The molecule has 108 valence electrons. The Morgan fingerprint density at radius 1 is 1.35 bits per heavy atom. The van der Waals surface area contributed by atoms with Crippen molar-refractivity contribution in [3.8, 4) is 5.75 Å². The van der Waals surface area contributed by atoms with Gasteiger partial charge in [0.2, 0.25) is 0 Å². The minimum Gasteiger partial charge on any atom is -0.489 e. The van der Waals surface area contributed by atoms with Gasteiger partial charge >= 0.3 is 0 Å². The average Bonchev–Trinajstić information content (AvgIpc) is 2.81. The fraction of sp³-hybridized carbons (Fsp3) is 0.467. The van der Waals surface area contributed by atoms with Crippen LogP contribution in [0.4, 0.5) is 0 Å². The number of aryl methyl sites for hydroxylation is 1. The lowest BCUT2D eigenvalue weighted by atomic mass is 10.0. The van der Waals surface area contributed by atoms with Gasteiger partial charge in [0.15, 0.2) is 0 Å². The molecule has 0 aliphatic rings. The zero-order valence-corrected chi connectivity index (χ0v) is 13.2. The van der Waals surface area contributed by atoms with Gasteiger partial charge in [-0.05, 0) is 39.4 Å². The van der Waals surface area contributed by atoms with Crippen molar-refractivity contribution in [1.82, 2.24) is 15.3 Å². The van der Waals surface area contributed by atoms with Crippen molar-refractivity contribution in [3.05, 3.63) is 40.1 Å². The number of rotatable bonds is 6. The third-order valence-corrected chi connectivity index (χ3v) is 3.76. The summed E-state index contributed by atoms with van der Waals surface area (Å²) in [6.07, 6.45) is 4.64. The molecule has 1 atom stereocenters. The van der Waals surface area contributed by atoms with Gasteiger partial charge < -0.3 is 10.1 Å². The Morgan fingerprint density at radius 2 is 2.15 bits per heavy atom. The Morgan fingerprint density at radius 3 is 2.75 bits per heavy atom. The molecule has 20 heavy (non-hydrogen) atoms. The summed E-state index contributed by atoms with van der Waals surface area (Å²) in [7, 11) is 1.96. The second-order valence-electron chi connectivity index (χ2n) is 5.02. The normalized spacial score (nSPS) is 12.7. The van der Waals surface area contributed by atoms with Crippen molar-refractivity contribution in [2.75, 3.05) is 7.05 Å². The standard InChI is InChI=1S/C15H21N3OS/c1-10(2)19-14-5-12(7-17-8-14)15(16-4)6-13-9-20-11(3)18-13/h5,7-10,15-16H,6H2,1-4H3. The predicted octanol–water partition coefficient (Wildman–Crippen LogP) is 3.14. The highest BCUT2D eigenvalue weighted by molar-refractivity contribution is 7.09. The van der Waals surface area contributed by atoms with E-state index < -0.39 is 0 Å². The van der Waals surface area contributed by atoms with Crippen molar-refractivity contribution in [3.63, 3.8) is 0 Å². The number of aromatic nitrogens is 2. The maximum absolute atomic E-state index is 5.70. The summed E-state index contributed by atoms with van der Waals surface area (Å²) in [5.74, 6) is 0.812. The number of nitrogens with zero attached hydrogens (tertiary/aromatic N) is 2. The van der Waals surface area contributed by atoms with Gasteiger partial charge in [-0.25, -0.2) is 4.98 Å². The Hall–Kier alpha value is -1.46. The van der Waals surface area contributed by atoms with Crippen LogP contribution in [0.3, 0.4) is 0 Å². The maximum atomic E-state index is 5.70. The van der Waals surface area contributed by atoms with Crippen LogP contribution in [-0.2, 0) is 6.42 Å². The molecule has 2 rings (SSSR count). The first-order chi connectivity index (χ1) is 9.58. The molecule has 0 spiro atoms. The molecular weight excluding hydrogens is 270 g/mol. The van der Waals surface area contributed by atoms with Gasteiger partial charge in [-0.3, -0.25) is 4.98 Å². The summed E-state index contributed by atoms with van der Waals surface area (Å²) < 4.78 is 5.70. The van der Waals surface area contributed by atoms with Crippen LogP contribution in [0, 0.1) is 6.92 Å². The zero-order valence-electron chi connectivity index (χ0n) is 12.4. The van der Waals surface area contributed by atoms with Crippen LogP contribution in [0.5, 0.6) is 5.75 Å². The molecule has 0 aliphatic heterocycles. The van der Waals surface area contributed by atoms with E-state index in [-0.39, 0.29) is 12.1 Å². The minimum atomic E-state index is 0.154. The molecule has 0 radical (unpaired) electrons. The largest absolute Gasteiger partial charge is 0.489 e. The van der Waals surface area contributed by atoms with Gasteiger partial charge in [-0.2, -0.15) is 0 Å². The summed E-state index contributed by atoms with van der Waals surface area (Å²) in [6.45, 7) is 6.06. The number of hydrogen-bond acceptors (Lipinski definition) is 5. The van der Waals surface area contributed by atoms with E-state index in [0.29, 0.717) is 0 Å². The Kier molecular flexibility index (Phi) is 5.09. The lowest BCUT2D eigenvalue weighted by Crippen LogP contribution is -2.19. The van der Waals surface area contributed by atoms with E-state index in [0.717, 1.165) is 28.4 Å². The highest BCUT2D eigenvalue weighted by Crippen LogP contribution is 2.22. The first kappa shape index (κ1) is 14.9. The smallest absolute Gasteiger partial charge is 0.138 e. The van der Waals surface area contributed by atoms with Crippen LogP contribution in [0.1, 0.15) is 36.2 Å². The minimum absolute atomic E-state index is 0.154. The van der Waals surface area contributed by atoms with E-state index >= 15 is 0 Å². The predicted molar refractivity (Wildman–Crippen MR) is 82.4 cm³/mol. The molecule has 0 bridgehead atoms. The summed E-state index contributed by atoms with van der Waals surface area (Å²) in [4.78, 5) is 8.79. The quantitative estimate of drug-likeness (QED) is 0.888. The van der Waals surface area contributed by atoms with E-state index in [1.165, 1.54) is 0 Å². The monoisotopic (exact) mass is 291 g/mol. The maximum Gasteiger partial charge on any atom is 0.138 e. The topological polar surface area (TPSA) is 47.0 Å². The molecule has 2 aromatic rings. The molecule has 5 heteroatoms. The molecule has 0 saturated carbocycles. The van der Waals surface area contributed by atoms with Crippen molar-refractivity contribution in [2.24, 2.45) is 0 Å². The average molecular weight is 291 g/mol. The van der Waals surface area contributed by atoms with Crippen molar-refractivity contribution < 1.29 is 4.74 Å². The number of hydrogen-bond donors (Lipinski definition) is 1. The zero-order chi connectivity index (χ0) is 14.5. The van der Waals surface area contributed by atoms with E-state index in [1.807, 2.05) is 40.1 Å². The van der Waals surface area contributed by atoms with Crippen LogP contribution >= 0.6 is 11.3 Å². The summed E-state index contributed by atoms with van der Waals surface area (Å²) in [5, 5.41) is 6.54. The molecule has 0 aromatic carbocycles. The van der Waals surface area contributed by atoms with Gasteiger partial charge in [0, 0.05) is 24.0 Å². The van der Waals surface area contributed by atoms with Gasteiger partial charge in [0.25, 0.3) is 0 Å². The summed E-state index contributed by atoms with van der Waals surface area (Å²) >= 11 is 1.68. The molecule has 0 amide bonds. The molecule has 4 nitrogen and oxygen atoms in total. The summed E-state index contributed by atoms with van der Waals surface area (Å²) in [5.41, 5.74) is 2.23. The SMILES string of the molecule is CNC(Cc1csc(C)n1)c1cncc(OC(C)C)c1. The van der Waals surface area contributed by atoms with Gasteiger partial charge in [0.1, 0.15) is 5.75 Å². The highest BCUT2D eigenvalue weighted by atomic mass is 32.1. The number of likely N-dealkylation sites (N-methyl/N-ethyl adjacent to an activating group) is 1. The first-order valence-corrected chi connectivity index (χ1v) is 7.66. The molecular formula is C15H21N3OS. The van der Waals surface area contributed by atoms with Crippen molar-refractivity contribution in [2.45, 2.75) is 39.3 Å². The third-order valence-electron chi connectivity index (χ3n) is 2.94. The lowest BCUT2D eigenvalue weighted by Gasteiger charge is -2.17. The fourth-order valence-electron chi connectivity index (χ4n) is 2.06. The molecule has 2 aromatic heterocycles. The van der Waals surface area contributed by atoms with E-state index in [1.54, 1.807) is 17.5 Å². The molecule has 1 N–H and O–H groups in total. The second-order valence-corrected chi connectivity index (χ2v) is 6.09. The number of nitrogens with one attached hydrogen (secondary N) is 1. The van der Waals surface area contributed by atoms with Crippen LogP contribution in [0.15, 0.2) is 23.8 Å². The Balaban J connectivity index is 2.14. The van der Waals surface area contributed by atoms with E-state index in [4.69, 9.17) is 4.74 Å². The number of pyridine rings is 1. The van der Waals surface area contributed by atoms with Crippen LogP contribution in [0.2, 0.25) is 0 Å². The van der Waals surface area contributed by atoms with Crippen molar-refractivity contribution in [1.29, 1.82) is 0 Å². The van der Waals surface area contributed by atoms with Gasteiger partial charge in [-0.15, -0.1) is 11.3 Å². The van der Waals surface area contributed by atoms with Crippen molar-refractivity contribution >= 4 is 11.3 Å². The molecule has 0 saturated heterocycles. The molecule has 0 fully saturated rings. The molecule has 1 unspecified atom stereocenters. The van der Waals surface area contributed by atoms with Crippen LogP contribution in [0.25, 0.3) is 0 Å². The fourth-order valence-corrected chi connectivity index (χ4v) is 2.69. The van der Waals surface area contributed by atoms with Crippen LogP contribution in [-0.4, -0.2) is 23.1 Å². The second kappa shape index (κ2) is 6.81. The molecule has 0 aliphatic carbocycles. The highest BCUT2D eigenvalue weighted by Gasteiger charge is 2.13. The van der Waals surface area contributed by atoms with E-state index in [9.17, 15) is 0 Å². The first-order valence-electron chi connectivity index (χ1n) is 6.78. The van der Waals surface area contributed by atoms with E-state index in [2.05, 4.69) is 20.7 Å².